The number of carbonyl (C=O) groups excluding carboxylic acids is 1. The van der Waals surface area contributed by atoms with Crippen molar-refractivity contribution in [2.75, 3.05) is 13.1 Å². The van der Waals surface area contributed by atoms with Crippen molar-refractivity contribution in [3.63, 3.8) is 0 Å². The molecule has 0 unspecified atom stereocenters. The van der Waals surface area contributed by atoms with Crippen LogP contribution >= 0.6 is 0 Å². The van der Waals surface area contributed by atoms with Crippen LogP contribution in [0.3, 0.4) is 0 Å². The highest BCUT2D eigenvalue weighted by molar-refractivity contribution is 5.79. The van der Waals surface area contributed by atoms with Gasteiger partial charge < -0.3 is 9.88 Å². The van der Waals surface area contributed by atoms with Crippen LogP contribution in [-0.2, 0) is 37.3 Å². The Morgan fingerprint density at radius 3 is 2.63 bits per heavy atom. The zero-order valence-corrected chi connectivity index (χ0v) is 21.4. The number of carbonyl (C=O) groups is 1. The lowest BCUT2D eigenvalue weighted by Crippen LogP contribution is -2.43. The molecule has 1 aliphatic heterocycles. The van der Waals surface area contributed by atoms with Crippen LogP contribution in [-0.4, -0.2) is 63.2 Å². The fourth-order valence-corrected chi connectivity index (χ4v) is 4.85. The van der Waals surface area contributed by atoms with Gasteiger partial charge in [0, 0.05) is 50.1 Å². The third-order valence-electron chi connectivity index (χ3n) is 7.07. The van der Waals surface area contributed by atoms with Crippen LogP contribution in [0.4, 0.5) is 0 Å². The lowest BCUT2D eigenvalue weighted by molar-refractivity contribution is -0.131. The van der Waals surface area contributed by atoms with E-state index in [1.165, 1.54) is 6.33 Å². The minimum Gasteiger partial charge on any atom is -0.342 e. The minimum absolute atomic E-state index is 0.0287. The normalized spacial score (nSPS) is 14.2. The highest BCUT2D eigenvalue weighted by atomic mass is 16.2. The molecule has 1 saturated heterocycles. The molecule has 198 valence electrons. The molecule has 1 amide bonds. The Hall–Kier alpha value is -4.35. The maximum atomic E-state index is 13.2. The summed E-state index contributed by atoms with van der Waals surface area (Å²) in [6.45, 7) is 4.53. The van der Waals surface area contributed by atoms with Crippen LogP contribution in [0.2, 0.25) is 0 Å². The number of piperidine rings is 1. The average molecular weight is 518 g/mol. The van der Waals surface area contributed by atoms with Crippen molar-refractivity contribution in [1.82, 2.24) is 44.2 Å². The molecule has 0 radical (unpaired) electrons. The molecule has 38 heavy (non-hydrogen) atoms. The Labute approximate surface area is 218 Å². The summed E-state index contributed by atoms with van der Waals surface area (Å²) in [4.78, 5) is 47.2. The van der Waals surface area contributed by atoms with E-state index in [0.717, 1.165) is 41.6 Å². The Morgan fingerprint density at radius 2 is 1.89 bits per heavy atom. The number of hydrogen-bond donors (Lipinski definition) is 1. The molecule has 4 aromatic rings. The predicted octanol–water partition coefficient (Wildman–Crippen LogP) is 0.800. The van der Waals surface area contributed by atoms with E-state index in [0.29, 0.717) is 36.8 Å². The van der Waals surface area contributed by atoms with E-state index in [2.05, 4.69) is 25.4 Å². The summed E-state index contributed by atoms with van der Waals surface area (Å²) in [6.07, 6.45) is 7.56. The van der Waals surface area contributed by atoms with Crippen molar-refractivity contribution in [3.05, 3.63) is 92.5 Å². The molecule has 1 N–H and O–H groups in total. The number of aromatic amines is 1. The molecular weight excluding hydrogens is 486 g/mol. The van der Waals surface area contributed by atoms with Crippen molar-refractivity contribution >= 4 is 5.91 Å². The number of rotatable bonds is 9. The van der Waals surface area contributed by atoms with Crippen LogP contribution in [0.5, 0.6) is 0 Å². The Kier molecular flexibility index (Phi) is 7.57. The first-order chi connectivity index (χ1) is 18.5. The van der Waals surface area contributed by atoms with Gasteiger partial charge in [0.1, 0.15) is 12.7 Å². The molecule has 0 aliphatic carbocycles. The van der Waals surface area contributed by atoms with Gasteiger partial charge in [0.25, 0.3) is 5.56 Å². The highest BCUT2D eigenvalue weighted by Gasteiger charge is 2.25. The van der Waals surface area contributed by atoms with Gasteiger partial charge in [-0.1, -0.05) is 35.5 Å². The van der Waals surface area contributed by atoms with Crippen molar-refractivity contribution in [1.29, 1.82) is 0 Å². The van der Waals surface area contributed by atoms with E-state index in [4.69, 9.17) is 0 Å². The monoisotopic (exact) mass is 517 g/mol. The van der Waals surface area contributed by atoms with E-state index in [-0.39, 0.29) is 18.9 Å². The third-order valence-corrected chi connectivity index (χ3v) is 7.07. The summed E-state index contributed by atoms with van der Waals surface area (Å²) in [7, 11) is 0. The molecular formula is C26H31N9O3. The van der Waals surface area contributed by atoms with Crippen LogP contribution < -0.4 is 11.2 Å². The molecule has 1 aromatic carbocycles. The summed E-state index contributed by atoms with van der Waals surface area (Å²) in [5, 5.41) is 12.6. The lowest BCUT2D eigenvalue weighted by Gasteiger charge is -2.32. The van der Waals surface area contributed by atoms with Crippen LogP contribution in [0, 0.1) is 12.8 Å². The minimum atomic E-state index is -0.469. The molecule has 1 aliphatic rings. The number of H-pyrrole nitrogens is 1. The largest absolute Gasteiger partial charge is 0.342 e. The van der Waals surface area contributed by atoms with Gasteiger partial charge in [0.05, 0.1) is 18.7 Å². The molecule has 3 aromatic heterocycles. The molecule has 4 heterocycles. The summed E-state index contributed by atoms with van der Waals surface area (Å²) in [5.41, 5.74) is 1.65. The fourth-order valence-electron chi connectivity index (χ4n) is 4.85. The van der Waals surface area contributed by atoms with Crippen molar-refractivity contribution < 1.29 is 4.79 Å². The van der Waals surface area contributed by atoms with E-state index in [1.54, 1.807) is 17.9 Å². The van der Waals surface area contributed by atoms with E-state index in [9.17, 15) is 14.4 Å². The predicted molar refractivity (Wildman–Crippen MR) is 138 cm³/mol. The zero-order valence-electron chi connectivity index (χ0n) is 21.4. The number of aromatic nitrogens is 8. The fraction of sp³-hybridized carbons (Fsp3) is 0.423. The Bertz CT molecular complexity index is 1480. The molecule has 0 spiro atoms. The summed E-state index contributed by atoms with van der Waals surface area (Å²) in [5.74, 6) is 0.292. The summed E-state index contributed by atoms with van der Waals surface area (Å²) in [6, 6.07) is 9.32. The second-order valence-electron chi connectivity index (χ2n) is 9.75. The van der Waals surface area contributed by atoms with Gasteiger partial charge in [-0.15, -0.1) is 5.10 Å². The molecule has 0 atom stereocenters. The van der Waals surface area contributed by atoms with Gasteiger partial charge in [-0.2, -0.15) is 5.10 Å². The average Bonchev–Trinajstić information content (AvgIpc) is 3.61. The maximum Gasteiger partial charge on any atom is 0.328 e. The topological polar surface area (TPSA) is 137 Å². The highest BCUT2D eigenvalue weighted by Crippen LogP contribution is 2.20. The van der Waals surface area contributed by atoms with Gasteiger partial charge in [-0.05, 0) is 31.2 Å². The second kappa shape index (κ2) is 11.4. The van der Waals surface area contributed by atoms with Crippen molar-refractivity contribution in [3.8, 4) is 0 Å². The van der Waals surface area contributed by atoms with Gasteiger partial charge in [-0.3, -0.25) is 23.5 Å². The molecule has 5 rings (SSSR count). The van der Waals surface area contributed by atoms with Crippen molar-refractivity contribution in [2.45, 2.75) is 52.2 Å². The van der Waals surface area contributed by atoms with Gasteiger partial charge >= 0.3 is 5.69 Å². The van der Waals surface area contributed by atoms with E-state index in [1.807, 2.05) is 46.1 Å². The van der Waals surface area contributed by atoms with Crippen LogP contribution in [0.15, 0.2) is 58.8 Å². The zero-order chi connectivity index (χ0) is 26.5. The van der Waals surface area contributed by atoms with Crippen LogP contribution in [0.25, 0.3) is 0 Å². The summed E-state index contributed by atoms with van der Waals surface area (Å²) < 4.78 is 4.80. The lowest BCUT2D eigenvalue weighted by atomic mass is 9.96. The molecule has 12 nitrogen and oxygen atoms in total. The van der Waals surface area contributed by atoms with Crippen molar-refractivity contribution in [2.24, 2.45) is 5.92 Å². The molecule has 0 bridgehead atoms. The van der Waals surface area contributed by atoms with Gasteiger partial charge in [0.15, 0.2) is 0 Å². The Morgan fingerprint density at radius 1 is 1.11 bits per heavy atom. The quantitative estimate of drug-likeness (QED) is 0.347. The van der Waals surface area contributed by atoms with Gasteiger partial charge in [0.2, 0.25) is 5.91 Å². The first-order valence-electron chi connectivity index (χ1n) is 12.8. The standard InChI is InChI=1S/C26H31N9O3/c1-19-23(25(37)35(26(38)29-19)15-20-5-3-2-4-6-20)13-24(36)32-10-7-21(8-11-32)14-34-16-22(30-31-34)9-12-33-18-27-17-28-33/h2-6,16-18,21H,7-15H2,1H3,(H,29,38). The molecule has 1 fully saturated rings. The molecule has 12 heteroatoms. The first-order valence-corrected chi connectivity index (χ1v) is 12.8. The number of hydrogen-bond acceptors (Lipinski definition) is 7. The van der Waals surface area contributed by atoms with Crippen LogP contribution in [0.1, 0.15) is 35.4 Å². The maximum absolute atomic E-state index is 13.2. The number of nitrogens with one attached hydrogen (secondary N) is 1. The van der Waals surface area contributed by atoms with E-state index < -0.39 is 11.2 Å². The number of aryl methyl sites for hydroxylation is 3. The van der Waals surface area contributed by atoms with E-state index >= 15 is 0 Å². The number of nitrogens with zero attached hydrogens (tertiary/aromatic N) is 8. The smallest absolute Gasteiger partial charge is 0.328 e. The first kappa shape index (κ1) is 25.3. The second-order valence-corrected chi connectivity index (χ2v) is 9.75. The SMILES string of the molecule is Cc1[nH]c(=O)n(Cc2ccccc2)c(=O)c1CC(=O)N1CCC(Cn2cc(CCn3cncn3)nn2)CC1. The number of amides is 1. The number of likely N-dealkylation sites (tertiary alicyclic amines) is 1. The number of benzene rings is 1. The molecule has 0 saturated carbocycles. The third kappa shape index (κ3) is 5.96. The summed E-state index contributed by atoms with van der Waals surface area (Å²) >= 11 is 0. The Balaban J connectivity index is 1.15. The van der Waals surface area contributed by atoms with Gasteiger partial charge in [-0.25, -0.2) is 9.78 Å².